The molecule has 0 amide bonds. The van der Waals surface area contributed by atoms with E-state index in [4.69, 9.17) is 0 Å². The van der Waals surface area contributed by atoms with Gasteiger partial charge in [-0.15, -0.1) is 0 Å². The number of rotatable bonds is 4. The summed E-state index contributed by atoms with van der Waals surface area (Å²) in [4.78, 5) is 9.19. The van der Waals surface area contributed by atoms with Crippen molar-refractivity contribution in [3.63, 3.8) is 0 Å². The van der Waals surface area contributed by atoms with Crippen molar-refractivity contribution in [1.29, 1.82) is 0 Å². The van der Waals surface area contributed by atoms with Crippen LogP contribution < -0.4 is 0 Å². The lowest BCUT2D eigenvalue weighted by Gasteiger charge is -2.36. The Kier molecular flexibility index (Phi) is 3.88. The van der Waals surface area contributed by atoms with Crippen molar-refractivity contribution in [3.8, 4) is 0 Å². The molecule has 0 spiro atoms. The zero-order chi connectivity index (χ0) is 11.5. The maximum absolute atomic E-state index is 9.39. The molecule has 1 unspecified atom stereocenters. The molecule has 1 heterocycles. The second-order valence-electron chi connectivity index (χ2n) is 5.06. The minimum atomic E-state index is 0.0729. The third kappa shape index (κ3) is 3.32. The SMILES string of the molecule is CN(Cc1cnc[nH]1)C(CO)C(C)(C)C. The molecule has 0 radical (unpaired) electrons. The van der Waals surface area contributed by atoms with Gasteiger partial charge in [-0.25, -0.2) is 4.98 Å². The lowest BCUT2D eigenvalue weighted by atomic mass is 9.86. The molecule has 0 aromatic carbocycles. The van der Waals surface area contributed by atoms with Crippen molar-refractivity contribution in [2.45, 2.75) is 33.4 Å². The number of aliphatic hydroxyl groups is 1. The van der Waals surface area contributed by atoms with Gasteiger partial charge in [-0.2, -0.15) is 0 Å². The smallest absolute Gasteiger partial charge is 0.0922 e. The van der Waals surface area contributed by atoms with Gasteiger partial charge in [0.15, 0.2) is 0 Å². The van der Waals surface area contributed by atoms with Crippen LogP contribution in [0.3, 0.4) is 0 Å². The number of nitrogens with one attached hydrogen (secondary N) is 1. The van der Waals surface area contributed by atoms with Gasteiger partial charge in [0.2, 0.25) is 0 Å². The number of imidazole rings is 1. The normalized spacial score (nSPS) is 14.5. The number of aromatic nitrogens is 2. The molecule has 0 saturated carbocycles. The summed E-state index contributed by atoms with van der Waals surface area (Å²) < 4.78 is 0. The van der Waals surface area contributed by atoms with Crippen LogP contribution in [-0.2, 0) is 6.54 Å². The highest BCUT2D eigenvalue weighted by Gasteiger charge is 2.27. The first-order chi connectivity index (χ1) is 6.95. The number of likely N-dealkylation sites (N-methyl/N-ethyl adjacent to an activating group) is 1. The van der Waals surface area contributed by atoms with E-state index in [1.165, 1.54) is 0 Å². The predicted molar refractivity (Wildman–Crippen MR) is 60.4 cm³/mol. The number of aromatic amines is 1. The van der Waals surface area contributed by atoms with Gasteiger partial charge in [-0.3, -0.25) is 4.90 Å². The van der Waals surface area contributed by atoms with E-state index < -0.39 is 0 Å². The van der Waals surface area contributed by atoms with E-state index in [1.54, 1.807) is 6.33 Å². The van der Waals surface area contributed by atoms with Gasteiger partial charge in [-0.1, -0.05) is 20.8 Å². The molecule has 0 aliphatic heterocycles. The topological polar surface area (TPSA) is 52.2 Å². The van der Waals surface area contributed by atoms with E-state index in [2.05, 4.69) is 35.6 Å². The van der Waals surface area contributed by atoms with Gasteiger partial charge in [0.25, 0.3) is 0 Å². The van der Waals surface area contributed by atoms with Crippen LogP contribution in [0.15, 0.2) is 12.5 Å². The fraction of sp³-hybridized carbons (Fsp3) is 0.727. The van der Waals surface area contributed by atoms with Gasteiger partial charge >= 0.3 is 0 Å². The highest BCUT2D eigenvalue weighted by molar-refractivity contribution is 4.95. The molecule has 1 rings (SSSR count). The average Bonchev–Trinajstić information content (AvgIpc) is 2.54. The summed E-state index contributed by atoms with van der Waals surface area (Å²) in [5.74, 6) is 0. The number of nitrogens with zero attached hydrogens (tertiary/aromatic N) is 2. The minimum absolute atomic E-state index is 0.0729. The van der Waals surface area contributed by atoms with E-state index in [0.717, 1.165) is 12.2 Å². The Morgan fingerprint density at radius 1 is 1.53 bits per heavy atom. The van der Waals surface area contributed by atoms with Crippen LogP contribution in [0.2, 0.25) is 0 Å². The first-order valence-electron chi connectivity index (χ1n) is 5.23. The molecule has 1 atom stereocenters. The molecule has 0 bridgehead atoms. The molecule has 2 N–H and O–H groups in total. The molecular weight excluding hydrogens is 190 g/mol. The minimum Gasteiger partial charge on any atom is -0.395 e. The lowest BCUT2D eigenvalue weighted by molar-refractivity contribution is 0.0607. The summed E-state index contributed by atoms with van der Waals surface area (Å²) in [6.07, 6.45) is 3.49. The average molecular weight is 211 g/mol. The largest absolute Gasteiger partial charge is 0.395 e. The second kappa shape index (κ2) is 4.77. The van der Waals surface area contributed by atoms with Gasteiger partial charge < -0.3 is 10.1 Å². The van der Waals surface area contributed by atoms with Crippen LogP contribution >= 0.6 is 0 Å². The maximum Gasteiger partial charge on any atom is 0.0922 e. The summed E-state index contributed by atoms with van der Waals surface area (Å²) >= 11 is 0. The molecule has 0 aliphatic carbocycles. The molecular formula is C11H21N3O. The molecule has 86 valence electrons. The second-order valence-corrected chi connectivity index (χ2v) is 5.06. The van der Waals surface area contributed by atoms with Gasteiger partial charge in [0.05, 0.1) is 12.9 Å². The van der Waals surface area contributed by atoms with Gasteiger partial charge in [-0.05, 0) is 12.5 Å². The molecule has 0 fully saturated rings. The van der Waals surface area contributed by atoms with E-state index in [0.29, 0.717) is 0 Å². The van der Waals surface area contributed by atoms with Crippen LogP contribution in [-0.4, -0.2) is 39.7 Å². The van der Waals surface area contributed by atoms with E-state index in [9.17, 15) is 5.11 Å². The molecule has 4 nitrogen and oxygen atoms in total. The van der Waals surface area contributed by atoms with Crippen molar-refractivity contribution in [1.82, 2.24) is 14.9 Å². The molecule has 1 aromatic heterocycles. The summed E-state index contributed by atoms with van der Waals surface area (Å²) in [7, 11) is 2.02. The highest BCUT2D eigenvalue weighted by Crippen LogP contribution is 2.23. The van der Waals surface area contributed by atoms with Crippen molar-refractivity contribution in [2.75, 3.05) is 13.7 Å². The number of aliphatic hydroxyl groups excluding tert-OH is 1. The number of hydrogen-bond donors (Lipinski definition) is 2. The summed E-state index contributed by atoms with van der Waals surface area (Å²) in [6.45, 7) is 7.36. The third-order valence-corrected chi connectivity index (χ3v) is 2.68. The van der Waals surface area contributed by atoms with Crippen molar-refractivity contribution < 1.29 is 5.11 Å². The summed E-state index contributed by atoms with van der Waals surface area (Å²) in [5, 5.41) is 9.39. The monoisotopic (exact) mass is 211 g/mol. The molecule has 0 aliphatic rings. The van der Waals surface area contributed by atoms with Crippen molar-refractivity contribution in [2.24, 2.45) is 5.41 Å². The Bertz CT molecular complexity index is 277. The van der Waals surface area contributed by atoms with E-state index >= 15 is 0 Å². The van der Waals surface area contributed by atoms with Crippen LogP contribution in [0.1, 0.15) is 26.5 Å². The van der Waals surface area contributed by atoms with Gasteiger partial charge in [0, 0.05) is 24.5 Å². The van der Waals surface area contributed by atoms with Crippen LogP contribution in [0.25, 0.3) is 0 Å². The zero-order valence-electron chi connectivity index (χ0n) is 9.99. The van der Waals surface area contributed by atoms with Crippen LogP contribution in [0.5, 0.6) is 0 Å². The van der Waals surface area contributed by atoms with E-state index in [-0.39, 0.29) is 18.1 Å². The first-order valence-corrected chi connectivity index (χ1v) is 5.23. The highest BCUT2D eigenvalue weighted by atomic mass is 16.3. The first kappa shape index (κ1) is 12.2. The Labute approximate surface area is 91.3 Å². The Balaban J connectivity index is 2.62. The van der Waals surface area contributed by atoms with E-state index in [1.807, 2.05) is 13.2 Å². The third-order valence-electron chi connectivity index (χ3n) is 2.68. The predicted octanol–water partition coefficient (Wildman–Crippen LogP) is 1.25. The van der Waals surface area contributed by atoms with Crippen molar-refractivity contribution in [3.05, 3.63) is 18.2 Å². The molecule has 15 heavy (non-hydrogen) atoms. The Morgan fingerprint density at radius 3 is 2.60 bits per heavy atom. The maximum atomic E-state index is 9.39. The molecule has 1 aromatic rings. The fourth-order valence-electron chi connectivity index (χ4n) is 1.82. The Hall–Kier alpha value is -0.870. The number of H-pyrrole nitrogens is 1. The van der Waals surface area contributed by atoms with Crippen molar-refractivity contribution >= 4 is 0 Å². The number of hydrogen-bond acceptors (Lipinski definition) is 3. The summed E-state index contributed by atoms with van der Waals surface area (Å²) in [5.41, 5.74) is 1.14. The van der Waals surface area contributed by atoms with Crippen LogP contribution in [0.4, 0.5) is 0 Å². The van der Waals surface area contributed by atoms with Crippen LogP contribution in [0, 0.1) is 5.41 Å². The summed E-state index contributed by atoms with van der Waals surface area (Å²) in [6, 6.07) is 0.154. The zero-order valence-corrected chi connectivity index (χ0v) is 9.99. The van der Waals surface area contributed by atoms with Gasteiger partial charge in [0.1, 0.15) is 0 Å². The Morgan fingerprint density at radius 2 is 2.20 bits per heavy atom. The standard InChI is InChI=1S/C11H21N3O/c1-11(2,3)10(7-15)14(4)6-9-5-12-8-13-9/h5,8,10,15H,6-7H2,1-4H3,(H,12,13). The molecule has 4 heteroatoms. The molecule has 0 saturated heterocycles. The lowest BCUT2D eigenvalue weighted by Crippen LogP contribution is -2.44. The fourth-order valence-corrected chi connectivity index (χ4v) is 1.82. The quantitative estimate of drug-likeness (QED) is 0.788.